The largest absolute Gasteiger partial charge is 0.424 e. The molecular formula is C13H11ClN2O2. The third kappa shape index (κ3) is 3.05. The smallest absolute Gasteiger partial charge is 0.322 e. The van der Waals surface area contributed by atoms with E-state index in [1.807, 2.05) is 19.9 Å². The van der Waals surface area contributed by atoms with Crippen molar-refractivity contribution in [1.82, 2.24) is 9.97 Å². The molecule has 0 spiro atoms. The quantitative estimate of drug-likeness (QED) is 0.797. The normalized spacial score (nSPS) is 10.2. The first-order valence-corrected chi connectivity index (χ1v) is 5.72. The number of hydrogen-bond acceptors (Lipinski definition) is 4. The van der Waals surface area contributed by atoms with Crippen molar-refractivity contribution < 1.29 is 9.53 Å². The molecule has 0 aliphatic rings. The lowest BCUT2D eigenvalue weighted by Gasteiger charge is -2.05. The molecule has 0 aliphatic carbocycles. The van der Waals surface area contributed by atoms with E-state index in [1.165, 1.54) is 0 Å². The number of rotatable bonds is 3. The molecule has 1 heterocycles. The van der Waals surface area contributed by atoms with Gasteiger partial charge in [-0.05, 0) is 55.8 Å². The van der Waals surface area contributed by atoms with Crippen LogP contribution in [0.5, 0.6) is 11.8 Å². The van der Waals surface area contributed by atoms with Gasteiger partial charge >= 0.3 is 6.01 Å². The maximum Gasteiger partial charge on any atom is 0.322 e. The molecule has 0 N–H and O–H groups in total. The Balaban J connectivity index is 2.20. The monoisotopic (exact) mass is 262 g/mol. The van der Waals surface area contributed by atoms with E-state index in [4.69, 9.17) is 16.3 Å². The Morgan fingerprint density at radius 2 is 1.67 bits per heavy atom. The average Bonchev–Trinajstić information content (AvgIpc) is 2.28. The second kappa shape index (κ2) is 5.14. The van der Waals surface area contributed by atoms with E-state index >= 15 is 0 Å². The number of aryl methyl sites for hydroxylation is 2. The Bertz CT molecular complexity index is 562. The molecule has 1 aromatic carbocycles. The number of benzene rings is 1. The summed E-state index contributed by atoms with van der Waals surface area (Å²) >= 11 is 5.35. The highest BCUT2D eigenvalue weighted by atomic mass is 35.5. The molecule has 1 aromatic heterocycles. The van der Waals surface area contributed by atoms with Crippen LogP contribution in [0.15, 0.2) is 30.3 Å². The standard InChI is InChI=1S/C13H11ClN2O2/c1-8-7-9(2)16-13(15-8)18-11-5-3-10(4-6-11)12(14)17/h3-7H,1-2H3. The first-order valence-electron chi connectivity index (χ1n) is 5.34. The SMILES string of the molecule is Cc1cc(C)nc(Oc2ccc(C(=O)Cl)cc2)n1. The van der Waals surface area contributed by atoms with E-state index in [-0.39, 0.29) is 6.01 Å². The summed E-state index contributed by atoms with van der Waals surface area (Å²) < 4.78 is 5.50. The fraction of sp³-hybridized carbons (Fsp3) is 0.154. The predicted molar refractivity (Wildman–Crippen MR) is 68.2 cm³/mol. The van der Waals surface area contributed by atoms with Gasteiger partial charge in [-0.3, -0.25) is 4.79 Å². The summed E-state index contributed by atoms with van der Waals surface area (Å²) in [5.74, 6) is 0.557. The summed E-state index contributed by atoms with van der Waals surface area (Å²) in [6.07, 6.45) is 0. The van der Waals surface area contributed by atoms with E-state index in [0.717, 1.165) is 11.4 Å². The molecule has 0 saturated carbocycles. The van der Waals surface area contributed by atoms with Crippen molar-refractivity contribution in [3.05, 3.63) is 47.3 Å². The van der Waals surface area contributed by atoms with Crippen molar-refractivity contribution >= 4 is 16.8 Å². The van der Waals surface area contributed by atoms with Crippen molar-refractivity contribution in [3.63, 3.8) is 0 Å². The Morgan fingerprint density at radius 1 is 1.11 bits per heavy atom. The molecule has 0 radical (unpaired) electrons. The number of carbonyl (C=O) groups is 1. The van der Waals surface area contributed by atoms with Crippen molar-refractivity contribution in [2.45, 2.75) is 13.8 Å². The van der Waals surface area contributed by atoms with Gasteiger partial charge in [0.25, 0.3) is 5.24 Å². The number of ether oxygens (including phenoxy) is 1. The zero-order valence-corrected chi connectivity index (χ0v) is 10.7. The predicted octanol–water partition coefficient (Wildman–Crippen LogP) is 3.26. The van der Waals surface area contributed by atoms with Crippen LogP contribution in [0.4, 0.5) is 0 Å². The van der Waals surface area contributed by atoms with Crippen molar-refractivity contribution in [2.24, 2.45) is 0 Å². The highest BCUT2D eigenvalue weighted by molar-refractivity contribution is 6.67. The van der Waals surface area contributed by atoms with Gasteiger partial charge in [0.15, 0.2) is 0 Å². The molecule has 2 rings (SSSR count). The van der Waals surface area contributed by atoms with Gasteiger partial charge in [-0.1, -0.05) is 0 Å². The molecule has 0 amide bonds. The Morgan fingerprint density at radius 3 is 2.17 bits per heavy atom. The second-order valence-electron chi connectivity index (χ2n) is 3.83. The Hall–Kier alpha value is -1.94. The highest BCUT2D eigenvalue weighted by Crippen LogP contribution is 2.19. The zero-order chi connectivity index (χ0) is 13.1. The molecule has 0 aliphatic heterocycles. The van der Waals surface area contributed by atoms with Crippen LogP contribution in [0.1, 0.15) is 21.7 Å². The molecule has 0 saturated heterocycles. The molecule has 0 atom stereocenters. The lowest BCUT2D eigenvalue weighted by Crippen LogP contribution is -1.96. The number of halogens is 1. The Labute approximate surface area is 110 Å². The summed E-state index contributed by atoms with van der Waals surface area (Å²) in [4.78, 5) is 19.2. The molecule has 4 nitrogen and oxygen atoms in total. The van der Waals surface area contributed by atoms with Crippen molar-refractivity contribution in [2.75, 3.05) is 0 Å². The zero-order valence-electron chi connectivity index (χ0n) is 9.98. The fourth-order valence-electron chi connectivity index (χ4n) is 1.50. The van der Waals surface area contributed by atoms with Crippen LogP contribution >= 0.6 is 11.6 Å². The molecular weight excluding hydrogens is 252 g/mol. The molecule has 2 aromatic rings. The minimum Gasteiger partial charge on any atom is -0.424 e. The molecule has 92 valence electrons. The first kappa shape index (κ1) is 12.5. The van der Waals surface area contributed by atoms with Gasteiger partial charge in [0.1, 0.15) is 5.75 Å². The van der Waals surface area contributed by atoms with Crippen LogP contribution in [0.3, 0.4) is 0 Å². The van der Waals surface area contributed by atoms with Gasteiger partial charge in [0.05, 0.1) is 0 Å². The van der Waals surface area contributed by atoms with Gasteiger partial charge in [0, 0.05) is 17.0 Å². The van der Waals surface area contributed by atoms with Crippen LogP contribution in [-0.2, 0) is 0 Å². The van der Waals surface area contributed by atoms with Gasteiger partial charge in [-0.2, -0.15) is 0 Å². The van der Waals surface area contributed by atoms with Gasteiger partial charge in [-0.15, -0.1) is 0 Å². The molecule has 0 unspecified atom stereocenters. The minimum absolute atomic E-state index is 0.289. The van der Waals surface area contributed by atoms with Gasteiger partial charge in [-0.25, -0.2) is 9.97 Å². The Kier molecular flexibility index (Phi) is 3.58. The number of aromatic nitrogens is 2. The number of carbonyl (C=O) groups excluding carboxylic acids is 1. The van der Waals surface area contributed by atoms with Crippen molar-refractivity contribution in [3.8, 4) is 11.8 Å². The van der Waals surface area contributed by atoms with Crippen LogP contribution in [0.25, 0.3) is 0 Å². The summed E-state index contributed by atoms with van der Waals surface area (Å²) in [5.41, 5.74) is 2.10. The van der Waals surface area contributed by atoms with E-state index in [0.29, 0.717) is 11.3 Å². The second-order valence-corrected chi connectivity index (χ2v) is 4.18. The van der Waals surface area contributed by atoms with E-state index in [1.54, 1.807) is 24.3 Å². The van der Waals surface area contributed by atoms with Crippen LogP contribution < -0.4 is 4.74 Å². The third-order valence-electron chi connectivity index (χ3n) is 2.25. The van der Waals surface area contributed by atoms with Gasteiger partial charge in [0.2, 0.25) is 0 Å². The summed E-state index contributed by atoms with van der Waals surface area (Å²) in [5, 5.41) is -0.496. The summed E-state index contributed by atoms with van der Waals surface area (Å²) in [6.45, 7) is 3.74. The van der Waals surface area contributed by atoms with E-state index < -0.39 is 5.24 Å². The lowest BCUT2D eigenvalue weighted by atomic mass is 10.2. The number of nitrogens with zero attached hydrogens (tertiary/aromatic N) is 2. The third-order valence-corrected chi connectivity index (χ3v) is 2.47. The van der Waals surface area contributed by atoms with Crippen LogP contribution in [-0.4, -0.2) is 15.2 Å². The lowest BCUT2D eigenvalue weighted by molar-refractivity contribution is 0.108. The minimum atomic E-state index is -0.496. The summed E-state index contributed by atoms with van der Waals surface area (Å²) in [7, 11) is 0. The van der Waals surface area contributed by atoms with E-state index in [9.17, 15) is 4.79 Å². The average molecular weight is 263 g/mol. The molecule has 0 fully saturated rings. The van der Waals surface area contributed by atoms with E-state index in [2.05, 4.69) is 9.97 Å². The topological polar surface area (TPSA) is 52.1 Å². The van der Waals surface area contributed by atoms with Crippen LogP contribution in [0.2, 0.25) is 0 Å². The molecule has 5 heteroatoms. The van der Waals surface area contributed by atoms with Crippen molar-refractivity contribution in [1.29, 1.82) is 0 Å². The highest BCUT2D eigenvalue weighted by Gasteiger charge is 2.05. The fourth-order valence-corrected chi connectivity index (χ4v) is 1.62. The molecule has 0 bridgehead atoms. The summed E-state index contributed by atoms with van der Waals surface area (Å²) in [6, 6.07) is 8.63. The maximum atomic E-state index is 10.9. The van der Waals surface area contributed by atoms with Crippen LogP contribution in [0, 0.1) is 13.8 Å². The maximum absolute atomic E-state index is 10.9. The first-order chi connectivity index (χ1) is 8.54. The van der Waals surface area contributed by atoms with Gasteiger partial charge < -0.3 is 4.74 Å². The molecule has 18 heavy (non-hydrogen) atoms. The number of hydrogen-bond donors (Lipinski definition) is 0.